The lowest BCUT2D eigenvalue weighted by Gasteiger charge is -2.35. The lowest BCUT2D eigenvalue weighted by atomic mass is 10.2. The molecule has 2 aromatic carbocycles. The molecule has 0 saturated carbocycles. The Balaban J connectivity index is 1.63. The topological polar surface area (TPSA) is 66.9 Å². The van der Waals surface area contributed by atoms with Crippen LogP contribution in [0.15, 0.2) is 59.5 Å². The predicted molar refractivity (Wildman–Crippen MR) is 103 cm³/mol. The second-order valence-corrected chi connectivity index (χ2v) is 8.43. The molecule has 1 aliphatic rings. The van der Waals surface area contributed by atoms with E-state index in [-0.39, 0.29) is 42.7 Å². The van der Waals surface area contributed by atoms with Gasteiger partial charge in [0.15, 0.2) is 17.7 Å². The minimum atomic E-state index is -3.58. The molecule has 150 valence electrons. The molecule has 0 aromatic heterocycles. The molecule has 1 aliphatic heterocycles. The summed E-state index contributed by atoms with van der Waals surface area (Å²) < 4.78 is 46.1. The first-order valence-electron chi connectivity index (χ1n) is 9.18. The molecule has 0 N–H and O–H groups in total. The fraction of sp³-hybridized carbons (Fsp3) is 0.350. The van der Waals surface area contributed by atoms with Crippen LogP contribution in [0.4, 0.5) is 4.39 Å². The Bertz CT molecular complexity index is 913. The molecule has 6 nitrogen and oxygen atoms in total. The van der Waals surface area contributed by atoms with Gasteiger partial charge in [0.1, 0.15) is 0 Å². The van der Waals surface area contributed by atoms with Crippen molar-refractivity contribution in [2.75, 3.05) is 26.2 Å². The van der Waals surface area contributed by atoms with E-state index in [4.69, 9.17) is 4.74 Å². The molecule has 1 amide bonds. The summed E-state index contributed by atoms with van der Waals surface area (Å²) in [6, 6.07) is 14.2. The van der Waals surface area contributed by atoms with Crippen LogP contribution >= 0.6 is 0 Å². The quantitative estimate of drug-likeness (QED) is 0.739. The highest BCUT2D eigenvalue weighted by molar-refractivity contribution is 7.89. The van der Waals surface area contributed by atoms with E-state index in [1.165, 1.54) is 16.4 Å². The highest BCUT2D eigenvalue weighted by atomic mass is 32.2. The largest absolute Gasteiger partial charge is 0.478 e. The van der Waals surface area contributed by atoms with Gasteiger partial charge >= 0.3 is 0 Å². The van der Waals surface area contributed by atoms with Crippen molar-refractivity contribution in [1.29, 1.82) is 0 Å². The standard InChI is InChI=1S/C20H23FN2O4S/c1-2-18(27-19-11-7-6-10-17(19)21)20(24)22-12-14-23(15-13-22)28(25,26)16-8-4-3-5-9-16/h3-11,18H,2,12-15H2,1H3/t18-/m0/s1. The lowest BCUT2D eigenvalue weighted by molar-refractivity contribution is -0.140. The van der Waals surface area contributed by atoms with Crippen molar-refractivity contribution < 1.29 is 22.3 Å². The minimum Gasteiger partial charge on any atom is -0.478 e. The number of carbonyl (C=O) groups excluding carboxylic acids is 1. The monoisotopic (exact) mass is 406 g/mol. The van der Waals surface area contributed by atoms with Crippen molar-refractivity contribution in [1.82, 2.24) is 9.21 Å². The maximum absolute atomic E-state index is 13.8. The van der Waals surface area contributed by atoms with E-state index in [2.05, 4.69) is 0 Å². The third-order valence-corrected chi connectivity index (χ3v) is 6.60. The number of nitrogens with zero attached hydrogens (tertiary/aromatic N) is 2. The van der Waals surface area contributed by atoms with E-state index in [0.29, 0.717) is 6.42 Å². The van der Waals surface area contributed by atoms with Crippen molar-refractivity contribution in [3.05, 3.63) is 60.4 Å². The molecule has 0 bridgehead atoms. The summed E-state index contributed by atoms with van der Waals surface area (Å²) in [5, 5.41) is 0. The van der Waals surface area contributed by atoms with E-state index < -0.39 is 21.9 Å². The molecule has 3 rings (SSSR count). The van der Waals surface area contributed by atoms with Crippen LogP contribution in [0.1, 0.15) is 13.3 Å². The molecule has 1 heterocycles. The Morgan fingerprint density at radius 3 is 2.25 bits per heavy atom. The van der Waals surface area contributed by atoms with E-state index >= 15 is 0 Å². The van der Waals surface area contributed by atoms with Gasteiger partial charge in [0.2, 0.25) is 10.0 Å². The Morgan fingerprint density at radius 1 is 1.04 bits per heavy atom. The van der Waals surface area contributed by atoms with Crippen LogP contribution in [0, 0.1) is 5.82 Å². The van der Waals surface area contributed by atoms with Crippen molar-refractivity contribution in [2.45, 2.75) is 24.3 Å². The van der Waals surface area contributed by atoms with Crippen LogP contribution in [0.25, 0.3) is 0 Å². The number of sulfonamides is 1. The van der Waals surface area contributed by atoms with E-state index in [0.717, 1.165) is 0 Å². The first-order valence-corrected chi connectivity index (χ1v) is 10.6. The predicted octanol–water partition coefficient (Wildman–Crippen LogP) is 2.52. The maximum Gasteiger partial charge on any atom is 0.263 e. The number of rotatable bonds is 6. The number of carbonyl (C=O) groups is 1. The van der Waals surface area contributed by atoms with Crippen LogP contribution in [0.5, 0.6) is 5.75 Å². The number of amides is 1. The summed E-state index contributed by atoms with van der Waals surface area (Å²) in [6.07, 6.45) is -0.426. The fourth-order valence-electron chi connectivity index (χ4n) is 3.10. The molecular weight excluding hydrogens is 383 g/mol. The molecule has 0 radical (unpaired) electrons. The van der Waals surface area contributed by atoms with Crippen LogP contribution in [-0.2, 0) is 14.8 Å². The smallest absolute Gasteiger partial charge is 0.263 e. The summed E-state index contributed by atoms with van der Waals surface area (Å²) in [7, 11) is -3.58. The molecule has 0 spiro atoms. The molecule has 28 heavy (non-hydrogen) atoms. The summed E-state index contributed by atoms with van der Waals surface area (Å²) >= 11 is 0. The number of piperazine rings is 1. The summed E-state index contributed by atoms with van der Waals surface area (Å²) in [4.78, 5) is 14.6. The van der Waals surface area contributed by atoms with Crippen LogP contribution in [0.3, 0.4) is 0 Å². The highest BCUT2D eigenvalue weighted by Gasteiger charge is 2.32. The zero-order valence-electron chi connectivity index (χ0n) is 15.6. The van der Waals surface area contributed by atoms with Gasteiger partial charge in [-0.3, -0.25) is 4.79 Å². The van der Waals surface area contributed by atoms with Gasteiger partial charge in [0.25, 0.3) is 5.91 Å². The molecule has 8 heteroatoms. The van der Waals surface area contributed by atoms with Gasteiger partial charge in [0.05, 0.1) is 4.90 Å². The van der Waals surface area contributed by atoms with Gasteiger partial charge in [-0.05, 0) is 30.7 Å². The summed E-state index contributed by atoms with van der Waals surface area (Å²) in [5.74, 6) is -0.747. The van der Waals surface area contributed by atoms with E-state index in [9.17, 15) is 17.6 Å². The summed E-state index contributed by atoms with van der Waals surface area (Å²) in [6.45, 7) is 2.74. The molecule has 1 atom stereocenters. The van der Waals surface area contributed by atoms with Gasteiger partial charge in [-0.15, -0.1) is 0 Å². The molecule has 1 fully saturated rings. The highest BCUT2D eigenvalue weighted by Crippen LogP contribution is 2.21. The molecule has 0 aliphatic carbocycles. The first-order chi connectivity index (χ1) is 13.4. The Morgan fingerprint density at radius 2 is 1.64 bits per heavy atom. The van der Waals surface area contributed by atoms with Crippen molar-refractivity contribution in [3.8, 4) is 5.75 Å². The second kappa shape index (κ2) is 8.70. The SMILES string of the molecule is CC[C@H](Oc1ccccc1F)C(=O)N1CCN(S(=O)(=O)c2ccccc2)CC1. The van der Waals surface area contributed by atoms with Crippen molar-refractivity contribution in [3.63, 3.8) is 0 Å². The van der Waals surface area contributed by atoms with Crippen molar-refractivity contribution >= 4 is 15.9 Å². The molecular formula is C20H23FN2O4S. The zero-order chi connectivity index (χ0) is 20.1. The van der Waals surface area contributed by atoms with E-state index in [1.807, 2.05) is 0 Å². The third-order valence-electron chi connectivity index (χ3n) is 4.68. The fourth-order valence-corrected chi connectivity index (χ4v) is 4.54. The first kappa shape index (κ1) is 20.3. The van der Waals surface area contributed by atoms with Gasteiger partial charge in [-0.1, -0.05) is 37.3 Å². The number of halogens is 1. The lowest BCUT2D eigenvalue weighted by Crippen LogP contribution is -2.53. The van der Waals surface area contributed by atoms with Crippen LogP contribution in [-0.4, -0.2) is 55.8 Å². The number of hydrogen-bond acceptors (Lipinski definition) is 4. The van der Waals surface area contributed by atoms with Gasteiger partial charge in [-0.2, -0.15) is 4.31 Å². The number of ether oxygens (including phenoxy) is 1. The maximum atomic E-state index is 13.8. The van der Waals surface area contributed by atoms with Crippen molar-refractivity contribution in [2.24, 2.45) is 0 Å². The third kappa shape index (κ3) is 4.34. The minimum absolute atomic E-state index is 0.0352. The van der Waals surface area contributed by atoms with Crippen LogP contribution in [0.2, 0.25) is 0 Å². The number of benzene rings is 2. The summed E-state index contributed by atoms with van der Waals surface area (Å²) in [5.41, 5.74) is 0. The number of hydrogen-bond donors (Lipinski definition) is 0. The van der Waals surface area contributed by atoms with Gasteiger partial charge in [-0.25, -0.2) is 12.8 Å². The Labute approximate surface area is 164 Å². The average Bonchev–Trinajstić information content (AvgIpc) is 2.73. The molecule has 1 saturated heterocycles. The van der Waals surface area contributed by atoms with E-state index in [1.54, 1.807) is 54.3 Å². The van der Waals surface area contributed by atoms with Crippen LogP contribution < -0.4 is 4.74 Å². The Hall–Kier alpha value is -2.45. The zero-order valence-corrected chi connectivity index (χ0v) is 16.4. The number of para-hydroxylation sites is 1. The Kier molecular flexibility index (Phi) is 6.31. The molecule has 0 unspecified atom stereocenters. The second-order valence-electron chi connectivity index (χ2n) is 6.49. The van der Waals surface area contributed by atoms with Gasteiger partial charge < -0.3 is 9.64 Å². The normalized spacial score (nSPS) is 16.6. The average molecular weight is 406 g/mol. The molecule has 2 aromatic rings. The van der Waals surface area contributed by atoms with Gasteiger partial charge in [0, 0.05) is 26.2 Å².